The largest absolute Gasteiger partial charge is 0.433 e. The van der Waals surface area contributed by atoms with Crippen molar-refractivity contribution in [2.45, 2.75) is 30.6 Å². The molecule has 158 valence electrons. The molecule has 2 aromatic carbocycles. The third kappa shape index (κ3) is 3.65. The highest BCUT2D eigenvalue weighted by molar-refractivity contribution is 5.77. The molecule has 4 N–H and O–H groups in total. The van der Waals surface area contributed by atoms with Gasteiger partial charge in [-0.05, 0) is 65.9 Å². The van der Waals surface area contributed by atoms with Crippen LogP contribution in [0.2, 0.25) is 0 Å². The number of halogens is 3. The van der Waals surface area contributed by atoms with Gasteiger partial charge in [0.2, 0.25) is 0 Å². The fourth-order valence-corrected chi connectivity index (χ4v) is 4.46. The summed E-state index contributed by atoms with van der Waals surface area (Å²) in [4.78, 5) is 3.66. The molecule has 0 amide bonds. The summed E-state index contributed by atoms with van der Waals surface area (Å²) in [7, 11) is 0. The molecule has 7 heteroatoms. The molecule has 0 spiro atoms. The molecule has 31 heavy (non-hydrogen) atoms. The molecule has 3 aromatic rings. The van der Waals surface area contributed by atoms with Crippen LogP contribution in [0.3, 0.4) is 0 Å². The van der Waals surface area contributed by atoms with Crippen molar-refractivity contribution in [1.82, 2.24) is 4.98 Å². The topological polar surface area (TPSA) is 63.0 Å². The van der Waals surface area contributed by atoms with E-state index in [2.05, 4.69) is 33.8 Å². The molecule has 0 radical (unpaired) electrons. The number of fused-ring (bicyclic) bond motifs is 2. The molecule has 1 unspecified atom stereocenters. The number of benzene rings is 2. The predicted molar refractivity (Wildman–Crippen MR) is 116 cm³/mol. The summed E-state index contributed by atoms with van der Waals surface area (Å²) in [6, 6.07) is 17.7. The second-order valence-corrected chi connectivity index (χ2v) is 8.01. The SMILES string of the molecule is N[C@]1(C2CCc3ccccc32)C=Cc2cc(Nc3cccc(C(F)(F)F)n3)ccc2N1. The molecular weight excluding hydrogens is 401 g/mol. The monoisotopic (exact) mass is 422 g/mol. The Hall–Kier alpha value is -3.32. The number of aromatic nitrogens is 1. The van der Waals surface area contributed by atoms with Crippen LogP contribution in [0, 0.1) is 0 Å². The third-order valence-corrected chi connectivity index (χ3v) is 5.96. The minimum absolute atomic E-state index is 0.137. The van der Waals surface area contributed by atoms with Crippen LogP contribution >= 0.6 is 0 Å². The minimum atomic E-state index is -4.48. The highest BCUT2D eigenvalue weighted by Crippen LogP contribution is 2.43. The van der Waals surface area contributed by atoms with Crippen LogP contribution in [0.1, 0.15) is 34.7 Å². The number of anilines is 3. The van der Waals surface area contributed by atoms with E-state index in [0.29, 0.717) is 5.69 Å². The Morgan fingerprint density at radius 1 is 1.06 bits per heavy atom. The Kier molecular flexibility index (Phi) is 4.51. The van der Waals surface area contributed by atoms with E-state index in [0.717, 1.165) is 30.2 Å². The van der Waals surface area contributed by atoms with Crippen LogP contribution < -0.4 is 16.4 Å². The van der Waals surface area contributed by atoms with Crippen molar-refractivity contribution in [1.29, 1.82) is 0 Å². The molecule has 5 rings (SSSR count). The number of pyridine rings is 1. The Morgan fingerprint density at radius 2 is 1.90 bits per heavy atom. The van der Waals surface area contributed by atoms with Crippen molar-refractivity contribution in [3.05, 3.63) is 89.1 Å². The molecule has 1 aliphatic carbocycles. The van der Waals surface area contributed by atoms with Crippen LogP contribution in [-0.4, -0.2) is 10.6 Å². The first kappa shape index (κ1) is 19.6. The van der Waals surface area contributed by atoms with E-state index in [1.807, 2.05) is 30.4 Å². The van der Waals surface area contributed by atoms with Crippen molar-refractivity contribution < 1.29 is 13.2 Å². The summed E-state index contributed by atoms with van der Waals surface area (Å²) in [6.45, 7) is 0. The maximum atomic E-state index is 12.9. The minimum Gasteiger partial charge on any atom is -0.363 e. The van der Waals surface area contributed by atoms with Crippen LogP contribution in [0.25, 0.3) is 6.08 Å². The summed E-state index contributed by atoms with van der Waals surface area (Å²) in [5, 5.41) is 6.43. The average Bonchev–Trinajstić information content (AvgIpc) is 3.19. The summed E-state index contributed by atoms with van der Waals surface area (Å²) in [5.74, 6) is 0.304. The zero-order valence-electron chi connectivity index (χ0n) is 16.6. The molecule has 2 atom stereocenters. The van der Waals surface area contributed by atoms with Crippen molar-refractivity contribution in [2.24, 2.45) is 5.73 Å². The van der Waals surface area contributed by atoms with Gasteiger partial charge in [-0.15, -0.1) is 0 Å². The standard InChI is InChI=1S/C24H21F3N4/c25-24(26,27)21-6-3-7-22(30-21)29-17-9-11-20-16(14-17)12-13-23(28,31-20)19-10-8-15-4-1-2-5-18(15)19/h1-7,9,11-14,19,31H,8,10,28H2,(H,29,30)/t19?,23-/m1/s1. The summed E-state index contributed by atoms with van der Waals surface area (Å²) >= 11 is 0. The van der Waals surface area contributed by atoms with Gasteiger partial charge in [-0.1, -0.05) is 36.4 Å². The molecule has 1 aromatic heterocycles. The number of nitrogens with zero attached hydrogens (tertiary/aromatic N) is 1. The lowest BCUT2D eigenvalue weighted by Crippen LogP contribution is -2.51. The van der Waals surface area contributed by atoms with E-state index in [-0.39, 0.29) is 11.7 Å². The van der Waals surface area contributed by atoms with Crippen molar-refractivity contribution in [3.8, 4) is 0 Å². The number of alkyl halides is 3. The molecular formula is C24H21F3N4. The molecule has 2 aliphatic rings. The van der Waals surface area contributed by atoms with Crippen LogP contribution in [0.5, 0.6) is 0 Å². The van der Waals surface area contributed by atoms with Gasteiger partial charge in [-0.2, -0.15) is 13.2 Å². The van der Waals surface area contributed by atoms with Crippen molar-refractivity contribution >= 4 is 23.3 Å². The molecule has 0 saturated heterocycles. The van der Waals surface area contributed by atoms with Crippen LogP contribution in [0.4, 0.5) is 30.4 Å². The maximum Gasteiger partial charge on any atom is 0.433 e. The zero-order chi connectivity index (χ0) is 21.6. The number of nitrogens with two attached hydrogens (primary N) is 1. The van der Waals surface area contributed by atoms with Gasteiger partial charge in [0, 0.05) is 17.3 Å². The Labute approximate surface area is 178 Å². The lowest BCUT2D eigenvalue weighted by Gasteiger charge is -2.38. The van der Waals surface area contributed by atoms with Gasteiger partial charge in [0.05, 0.1) is 0 Å². The fourth-order valence-electron chi connectivity index (χ4n) is 4.46. The van der Waals surface area contributed by atoms with Crippen molar-refractivity contribution in [3.63, 3.8) is 0 Å². The fraction of sp³-hybridized carbons (Fsp3) is 0.208. The normalized spacial score (nSPS) is 21.9. The highest BCUT2D eigenvalue weighted by Gasteiger charge is 2.39. The van der Waals surface area contributed by atoms with Gasteiger partial charge in [-0.3, -0.25) is 0 Å². The van der Waals surface area contributed by atoms with E-state index < -0.39 is 17.5 Å². The van der Waals surface area contributed by atoms with E-state index in [1.54, 1.807) is 6.07 Å². The van der Waals surface area contributed by atoms with Crippen LogP contribution in [0.15, 0.2) is 66.7 Å². The van der Waals surface area contributed by atoms with E-state index >= 15 is 0 Å². The van der Waals surface area contributed by atoms with Gasteiger partial charge in [0.25, 0.3) is 0 Å². The first-order chi connectivity index (χ1) is 14.8. The first-order valence-electron chi connectivity index (χ1n) is 10.1. The summed E-state index contributed by atoms with van der Waals surface area (Å²) in [5.41, 5.74) is 10.2. The number of aryl methyl sites for hydroxylation is 1. The second kappa shape index (κ2) is 7.13. The number of rotatable bonds is 3. The Balaban J connectivity index is 1.38. The average molecular weight is 422 g/mol. The van der Waals surface area contributed by atoms with Gasteiger partial charge in [0.1, 0.15) is 17.2 Å². The van der Waals surface area contributed by atoms with Gasteiger partial charge in [0.15, 0.2) is 0 Å². The molecule has 0 fully saturated rings. The number of nitrogens with one attached hydrogen (secondary N) is 2. The van der Waals surface area contributed by atoms with E-state index in [4.69, 9.17) is 5.73 Å². The highest BCUT2D eigenvalue weighted by atomic mass is 19.4. The second-order valence-electron chi connectivity index (χ2n) is 8.01. The molecule has 2 heterocycles. The Bertz CT molecular complexity index is 1170. The summed E-state index contributed by atoms with van der Waals surface area (Å²) < 4.78 is 38.7. The van der Waals surface area contributed by atoms with Gasteiger partial charge >= 0.3 is 6.18 Å². The maximum absolute atomic E-state index is 12.9. The third-order valence-electron chi connectivity index (χ3n) is 5.96. The smallest absolute Gasteiger partial charge is 0.363 e. The quantitative estimate of drug-likeness (QED) is 0.509. The first-order valence-corrected chi connectivity index (χ1v) is 10.1. The van der Waals surface area contributed by atoms with E-state index in [9.17, 15) is 13.2 Å². The van der Waals surface area contributed by atoms with E-state index in [1.165, 1.54) is 23.3 Å². The zero-order valence-corrected chi connectivity index (χ0v) is 16.6. The Morgan fingerprint density at radius 3 is 2.74 bits per heavy atom. The lowest BCUT2D eigenvalue weighted by molar-refractivity contribution is -0.141. The molecule has 1 aliphatic heterocycles. The van der Waals surface area contributed by atoms with Gasteiger partial charge in [-0.25, -0.2) is 4.98 Å². The van der Waals surface area contributed by atoms with Crippen molar-refractivity contribution in [2.75, 3.05) is 10.6 Å². The van der Waals surface area contributed by atoms with Crippen LogP contribution in [-0.2, 0) is 12.6 Å². The number of hydrogen-bond acceptors (Lipinski definition) is 4. The summed E-state index contributed by atoms with van der Waals surface area (Å²) in [6.07, 6.45) is 1.45. The molecule has 0 saturated carbocycles. The number of hydrogen-bond donors (Lipinski definition) is 3. The molecule has 0 bridgehead atoms. The van der Waals surface area contributed by atoms with Gasteiger partial charge < -0.3 is 16.4 Å². The molecule has 4 nitrogen and oxygen atoms in total. The predicted octanol–water partition coefficient (Wildman–Crippen LogP) is 5.67. The lowest BCUT2D eigenvalue weighted by atomic mass is 9.84.